The van der Waals surface area contributed by atoms with Crippen molar-refractivity contribution < 1.29 is 9.90 Å². The maximum Gasteiger partial charge on any atom is 0.300 e. The Morgan fingerprint density at radius 2 is 1.68 bits per heavy atom. The topological polar surface area (TPSA) is 40.5 Å². The van der Waals surface area contributed by atoms with E-state index in [1.807, 2.05) is 0 Å². The van der Waals surface area contributed by atoms with Gasteiger partial charge in [0.05, 0.1) is 0 Å². The van der Waals surface area contributed by atoms with Crippen LogP contribution in [0.2, 0.25) is 0 Å². The second kappa shape index (κ2) is 11.3. The molecule has 0 spiro atoms. The van der Waals surface area contributed by atoms with Crippen LogP contribution in [0.3, 0.4) is 0 Å². The Labute approximate surface area is 119 Å². The predicted molar refractivity (Wildman–Crippen MR) is 81.5 cm³/mol. The molecule has 3 heteroatoms. The zero-order valence-corrected chi connectivity index (χ0v) is 13.3. The smallest absolute Gasteiger partial charge is 0.300 e. The van der Waals surface area contributed by atoms with Crippen LogP contribution in [0.15, 0.2) is 0 Å². The molecule has 0 aromatic heterocycles. The molecule has 19 heavy (non-hydrogen) atoms. The zero-order chi connectivity index (χ0) is 14.7. The molecule has 0 bridgehead atoms. The summed E-state index contributed by atoms with van der Waals surface area (Å²) in [5.74, 6) is 0.0880. The van der Waals surface area contributed by atoms with Gasteiger partial charge in [-0.05, 0) is 38.8 Å². The highest BCUT2D eigenvalue weighted by molar-refractivity contribution is 5.62. The second-order valence-electron chi connectivity index (χ2n) is 5.83. The number of rotatable bonds is 7. The first-order chi connectivity index (χ1) is 8.99. The van der Waals surface area contributed by atoms with Crippen molar-refractivity contribution in [3.63, 3.8) is 0 Å². The lowest BCUT2D eigenvalue weighted by Gasteiger charge is -2.22. The highest BCUT2D eigenvalue weighted by atomic mass is 16.4. The van der Waals surface area contributed by atoms with Crippen LogP contribution in [-0.2, 0) is 4.79 Å². The van der Waals surface area contributed by atoms with Crippen molar-refractivity contribution in [2.45, 2.75) is 78.7 Å². The van der Waals surface area contributed by atoms with E-state index in [0.29, 0.717) is 0 Å². The molecule has 1 saturated heterocycles. The fourth-order valence-electron chi connectivity index (χ4n) is 2.58. The van der Waals surface area contributed by atoms with Crippen LogP contribution in [0.25, 0.3) is 0 Å². The van der Waals surface area contributed by atoms with Gasteiger partial charge in [-0.1, -0.05) is 46.0 Å². The molecule has 1 aliphatic rings. The third-order valence-corrected chi connectivity index (χ3v) is 4.07. The number of aliphatic carboxylic acids is 1. The van der Waals surface area contributed by atoms with Gasteiger partial charge in [0.25, 0.3) is 5.97 Å². The number of likely N-dealkylation sites (tertiary alicyclic amines) is 1. The Morgan fingerprint density at radius 1 is 1.16 bits per heavy atom. The Kier molecular flexibility index (Phi) is 10.9. The lowest BCUT2D eigenvalue weighted by molar-refractivity contribution is -0.134. The monoisotopic (exact) mass is 271 g/mol. The summed E-state index contributed by atoms with van der Waals surface area (Å²) in [6.07, 6.45) is 9.96. The summed E-state index contributed by atoms with van der Waals surface area (Å²) in [7, 11) is 0. The summed E-state index contributed by atoms with van der Waals surface area (Å²) in [6.45, 7) is 10.9. The molecule has 0 aliphatic carbocycles. The van der Waals surface area contributed by atoms with Crippen molar-refractivity contribution >= 4 is 5.97 Å². The van der Waals surface area contributed by atoms with Crippen LogP contribution in [0.1, 0.15) is 72.6 Å². The van der Waals surface area contributed by atoms with Gasteiger partial charge in [-0.2, -0.15) is 0 Å². The van der Waals surface area contributed by atoms with Gasteiger partial charge in [0.15, 0.2) is 0 Å². The van der Waals surface area contributed by atoms with E-state index < -0.39 is 5.97 Å². The first-order valence-corrected chi connectivity index (χ1v) is 7.92. The number of hydrogen-bond acceptors (Lipinski definition) is 2. The molecule has 1 rings (SSSR count). The number of carboxylic acids is 1. The molecule has 0 radical (unpaired) electrons. The largest absolute Gasteiger partial charge is 0.481 e. The van der Waals surface area contributed by atoms with Gasteiger partial charge in [-0.15, -0.1) is 0 Å². The molecule has 114 valence electrons. The van der Waals surface area contributed by atoms with E-state index in [4.69, 9.17) is 9.90 Å². The summed E-state index contributed by atoms with van der Waals surface area (Å²) in [5.41, 5.74) is 0. The molecular formula is C16H33NO2. The van der Waals surface area contributed by atoms with Gasteiger partial charge in [0, 0.05) is 13.0 Å². The number of carboxylic acid groups (broad SMARTS) is 1. The van der Waals surface area contributed by atoms with Crippen molar-refractivity contribution in [1.82, 2.24) is 4.90 Å². The van der Waals surface area contributed by atoms with Crippen molar-refractivity contribution in [2.75, 3.05) is 13.1 Å². The molecule has 2 atom stereocenters. The first-order valence-electron chi connectivity index (χ1n) is 7.92. The van der Waals surface area contributed by atoms with E-state index in [0.717, 1.165) is 18.9 Å². The van der Waals surface area contributed by atoms with Gasteiger partial charge in [-0.3, -0.25) is 4.79 Å². The molecule has 1 N–H and O–H groups in total. The second-order valence-corrected chi connectivity index (χ2v) is 5.83. The van der Waals surface area contributed by atoms with E-state index in [9.17, 15) is 0 Å². The van der Waals surface area contributed by atoms with E-state index >= 15 is 0 Å². The van der Waals surface area contributed by atoms with Gasteiger partial charge in [0.2, 0.25) is 0 Å². The van der Waals surface area contributed by atoms with Crippen LogP contribution >= 0.6 is 0 Å². The van der Waals surface area contributed by atoms with Crippen LogP contribution in [0.5, 0.6) is 0 Å². The van der Waals surface area contributed by atoms with Gasteiger partial charge in [-0.25, -0.2) is 0 Å². The van der Waals surface area contributed by atoms with Gasteiger partial charge < -0.3 is 10.0 Å². The standard InChI is InChI=1S/C14H29N.C2H4O2/c1-4-5-6-7-8-9-11-15-12-10-13(2)14(15)3;1-2(3)4/h13-14H,4-12H2,1-3H3;1H3,(H,3,4). The molecule has 1 fully saturated rings. The van der Waals surface area contributed by atoms with Crippen molar-refractivity contribution in [1.29, 1.82) is 0 Å². The summed E-state index contributed by atoms with van der Waals surface area (Å²) >= 11 is 0. The number of nitrogens with zero attached hydrogens (tertiary/aromatic N) is 1. The quantitative estimate of drug-likeness (QED) is 0.707. The number of hydrogen-bond donors (Lipinski definition) is 1. The minimum atomic E-state index is -0.833. The van der Waals surface area contributed by atoms with Crippen LogP contribution in [0, 0.1) is 5.92 Å². The Hall–Kier alpha value is -0.570. The average molecular weight is 271 g/mol. The molecule has 1 heterocycles. The fraction of sp³-hybridized carbons (Fsp3) is 0.938. The van der Waals surface area contributed by atoms with E-state index in [-0.39, 0.29) is 0 Å². The molecule has 1 aliphatic heterocycles. The minimum absolute atomic E-state index is 0.833. The highest BCUT2D eigenvalue weighted by Gasteiger charge is 2.26. The van der Waals surface area contributed by atoms with Crippen molar-refractivity contribution in [3.05, 3.63) is 0 Å². The third-order valence-electron chi connectivity index (χ3n) is 4.07. The maximum atomic E-state index is 9.00. The lowest BCUT2D eigenvalue weighted by atomic mass is 10.1. The maximum absolute atomic E-state index is 9.00. The third kappa shape index (κ3) is 9.94. The average Bonchev–Trinajstić information content (AvgIpc) is 2.64. The first kappa shape index (κ1) is 18.4. The highest BCUT2D eigenvalue weighted by Crippen LogP contribution is 2.23. The molecule has 0 amide bonds. The summed E-state index contributed by atoms with van der Waals surface area (Å²) in [5, 5.41) is 7.42. The lowest BCUT2D eigenvalue weighted by Crippen LogP contribution is -2.30. The molecule has 0 aromatic rings. The van der Waals surface area contributed by atoms with Crippen molar-refractivity contribution in [2.24, 2.45) is 5.92 Å². The van der Waals surface area contributed by atoms with E-state index in [1.165, 1.54) is 58.0 Å². The molecule has 2 unspecified atom stereocenters. The van der Waals surface area contributed by atoms with Crippen LogP contribution in [-0.4, -0.2) is 35.1 Å². The Bertz CT molecular complexity index is 227. The van der Waals surface area contributed by atoms with Gasteiger partial charge in [0.1, 0.15) is 0 Å². The number of carbonyl (C=O) groups is 1. The van der Waals surface area contributed by atoms with Crippen LogP contribution < -0.4 is 0 Å². The van der Waals surface area contributed by atoms with Crippen LogP contribution in [0.4, 0.5) is 0 Å². The molecule has 0 aromatic carbocycles. The zero-order valence-electron chi connectivity index (χ0n) is 13.3. The summed E-state index contributed by atoms with van der Waals surface area (Å²) in [6, 6.07) is 0.834. The molecule has 0 saturated carbocycles. The van der Waals surface area contributed by atoms with Gasteiger partial charge >= 0.3 is 0 Å². The summed E-state index contributed by atoms with van der Waals surface area (Å²) < 4.78 is 0. The molecule has 3 nitrogen and oxygen atoms in total. The fourth-order valence-corrected chi connectivity index (χ4v) is 2.58. The number of unbranched alkanes of at least 4 members (excludes halogenated alkanes) is 5. The van der Waals surface area contributed by atoms with Crippen molar-refractivity contribution in [3.8, 4) is 0 Å². The normalized spacial score (nSPS) is 22.9. The molecular weight excluding hydrogens is 238 g/mol. The predicted octanol–water partition coefficient (Wildman–Crippen LogP) is 4.17. The minimum Gasteiger partial charge on any atom is -0.481 e. The van der Waals surface area contributed by atoms with E-state index in [1.54, 1.807) is 0 Å². The summed E-state index contributed by atoms with van der Waals surface area (Å²) in [4.78, 5) is 11.7. The van der Waals surface area contributed by atoms with E-state index in [2.05, 4.69) is 25.7 Å². The SMILES string of the molecule is CC(=O)O.CCCCCCCCN1CCC(C)C1C. The Balaban J connectivity index is 0.000000711. The Morgan fingerprint density at radius 3 is 2.16 bits per heavy atom.